The summed E-state index contributed by atoms with van der Waals surface area (Å²) >= 11 is 0. The summed E-state index contributed by atoms with van der Waals surface area (Å²) in [5.74, 6) is -2.52. The largest absolute Gasteiger partial charge is 0.463 e. The molecule has 2 rings (SSSR count). The van der Waals surface area contributed by atoms with E-state index in [9.17, 15) is 18.4 Å². The number of benzene rings is 1. The second-order valence-electron chi connectivity index (χ2n) is 6.23. The molecule has 0 atom stereocenters. The van der Waals surface area contributed by atoms with E-state index in [1.54, 1.807) is 0 Å². The topological polar surface area (TPSA) is 52.6 Å². The van der Waals surface area contributed by atoms with Gasteiger partial charge in [0.05, 0.1) is 12.5 Å². The summed E-state index contributed by atoms with van der Waals surface area (Å²) in [7, 11) is 0. The molecule has 1 aliphatic carbocycles. The molecule has 4 nitrogen and oxygen atoms in total. The predicted molar refractivity (Wildman–Crippen MR) is 87.8 cm³/mol. The fraction of sp³-hybridized carbons (Fsp3) is 0.474. The van der Waals surface area contributed by atoms with E-state index in [2.05, 4.69) is 6.58 Å². The first kappa shape index (κ1) is 19.1. The standard InChI is InChI=1S/C19H22F2O4/c1-2-18(22)24-11-3-4-13-5-7-14(8-6-13)19(23)25-15-9-10-16(20)17(21)12-15/h2,9-10,12-14H,1,3-8,11H2. The van der Waals surface area contributed by atoms with Gasteiger partial charge < -0.3 is 9.47 Å². The Hall–Kier alpha value is -2.24. The van der Waals surface area contributed by atoms with Crippen LogP contribution in [0.4, 0.5) is 8.78 Å². The lowest BCUT2D eigenvalue weighted by Gasteiger charge is -2.27. The second-order valence-corrected chi connectivity index (χ2v) is 6.23. The van der Waals surface area contributed by atoms with Crippen LogP contribution < -0.4 is 4.74 Å². The molecule has 1 fully saturated rings. The quantitative estimate of drug-likeness (QED) is 0.320. The highest BCUT2D eigenvalue weighted by atomic mass is 19.2. The number of hydrogen-bond acceptors (Lipinski definition) is 4. The van der Waals surface area contributed by atoms with Gasteiger partial charge in [-0.3, -0.25) is 4.79 Å². The zero-order chi connectivity index (χ0) is 18.2. The zero-order valence-corrected chi connectivity index (χ0v) is 14.0. The van der Waals surface area contributed by atoms with Crippen LogP contribution >= 0.6 is 0 Å². The highest BCUT2D eigenvalue weighted by Crippen LogP contribution is 2.32. The summed E-state index contributed by atoms with van der Waals surface area (Å²) in [5.41, 5.74) is 0. The van der Waals surface area contributed by atoms with Crippen molar-refractivity contribution in [1.82, 2.24) is 0 Å². The zero-order valence-electron chi connectivity index (χ0n) is 14.0. The summed E-state index contributed by atoms with van der Waals surface area (Å²) in [4.78, 5) is 23.1. The molecule has 0 aliphatic heterocycles. The first-order valence-corrected chi connectivity index (χ1v) is 8.45. The van der Waals surface area contributed by atoms with Crippen LogP contribution in [0.5, 0.6) is 5.75 Å². The number of ether oxygens (including phenoxy) is 2. The van der Waals surface area contributed by atoms with E-state index in [1.807, 2.05) is 0 Å². The number of esters is 2. The third kappa shape index (κ3) is 5.96. The average molecular weight is 352 g/mol. The molecule has 0 amide bonds. The van der Waals surface area contributed by atoms with Crippen molar-refractivity contribution in [3.8, 4) is 5.75 Å². The Balaban J connectivity index is 1.70. The maximum atomic E-state index is 13.1. The Morgan fingerprint density at radius 2 is 1.88 bits per heavy atom. The number of halogens is 2. The summed E-state index contributed by atoms with van der Waals surface area (Å²) in [5, 5.41) is 0. The molecule has 0 saturated heterocycles. The van der Waals surface area contributed by atoms with Crippen LogP contribution in [0.25, 0.3) is 0 Å². The van der Waals surface area contributed by atoms with Gasteiger partial charge in [-0.05, 0) is 56.6 Å². The van der Waals surface area contributed by atoms with E-state index in [4.69, 9.17) is 9.47 Å². The van der Waals surface area contributed by atoms with Crippen molar-refractivity contribution >= 4 is 11.9 Å². The van der Waals surface area contributed by atoms with Crippen molar-refractivity contribution in [3.63, 3.8) is 0 Å². The SMILES string of the molecule is C=CC(=O)OCCCC1CCC(C(=O)Oc2ccc(F)c(F)c2)CC1. The van der Waals surface area contributed by atoms with Crippen LogP contribution in [0.1, 0.15) is 38.5 Å². The molecular weight excluding hydrogens is 330 g/mol. The Bertz CT molecular complexity index is 622. The molecule has 1 aromatic rings. The van der Waals surface area contributed by atoms with Crippen LogP contribution in [-0.4, -0.2) is 18.5 Å². The van der Waals surface area contributed by atoms with E-state index in [0.717, 1.165) is 43.9 Å². The molecule has 136 valence electrons. The highest BCUT2D eigenvalue weighted by molar-refractivity contribution is 5.81. The monoisotopic (exact) mass is 352 g/mol. The van der Waals surface area contributed by atoms with Gasteiger partial charge in [-0.1, -0.05) is 6.58 Å². The first-order valence-electron chi connectivity index (χ1n) is 8.45. The van der Waals surface area contributed by atoms with Gasteiger partial charge in [0, 0.05) is 12.1 Å². The number of hydrogen-bond donors (Lipinski definition) is 0. The Labute approximate surface area is 145 Å². The molecule has 25 heavy (non-hydrogen) atoms. The van der Waals surface area contributed by atoms with Crippen LogP contribution in [0, 0.1) is 23.5 Å². The number of rotatable bonds is 7. The van der Waals surface area contributed by atoms with Crippen molar-refractivity contribution in [3.05, 3.63) is 42.5 Å². The molecular formula is C19H22F2O4. The summed E-state index contributed by atoms with van der Waals surface area (Å²) < 4.78 is 36.1. The van der Waals surface area contributed by atoms with Crippen LogP contribution in [0.3, 0.4) is 0 Å². The molecule has 0 bridgehead atoms. The van der Waals surface area contributed by atoms with E-state index < -0.39 is 23.6 Å². The molecule has 0 heterocycles. The van der Waals surface area contributed by atoms with Gasteiger partial charge in [-0.25, -0.2) is 13.6 Å². The van der Waals surface area contributed by atoms with Gasteiger partial charge in [0.1, 0.15) is 5.75 Å². The molecule has 1 saturated carbocycles. The summed E-state index contributed by atoms with van der Waals surface area (Å²) in [6.07, 6.45) is 6.08. The van der Waals surface area contributed by atoms with Crippen LogP contribution in [-0.2, 0) is 14.3 Å². The van der Waals surface area contributed by atoms with Gasteiger partial charge in [0.2, 0.25) is 0 Å². The normalized spacial score (nSPS) is 19.9. The minimum atomic E-state index is -1.04. The van der Waals surface area contributed by atoms with E-state index in [1.165, 1.54) is 6.07 Å². The molecule has 0 unspecified atom stereocenters. The van der Waals surface area contributed by atoms with Crippen molar-refractivity contribution in [2.75, 3.05) is 6.61 Å². The molecule has 1 aliphatic rings. The van der Waals surface area contributed by atoms with E-state index in [0.29, 0.717) is 25.4 Å². The van der Waals surface area contributed by atoms with E-state index in [-0.39, 0.29) is 11.7 Å². The fourth-order valence-corrected chi connectivity index (χ4v) is 3.03. The smallest absolute Gasteiger partial charge is 0.330 e. The van der Waals surface area contributed by atoms with Crippen molar-refractivity contribution in [2.45, 2.75) is 38.5 Å². The lowest BCUT2D eigenvalue weighted by Crippen LogP contribution is -2.26. The van der Waals surface area contributed by atoms with Gasteiger partial charge in [0.25, 0.3) is 0 Å². The number of carbonyl (C=O) groups is 2. The minimum absolute atomic E-state index is 0.0232. The molecule has 0 spiro atoms. The Morgan fingerprint density at radius 3 is 2.52 bits per heavy atom. The lowest BCUT2D eigenvalue weighted by atomic mass is 9.80. The molecule has 0 aromatic heterocycles. The molecule has 6 heteroatoms. The summed E-state index contributed by atoms with van der Waals surface area (Å²) in [6, 6.07) is 3.06. The maximum Gasteiger partial charge on any atom is 0.330 e. The number of carbonyl (C=O) groups excluding carboxylic acids is 2. The van der Waals surface area contributed by atoms with Gasteiger partial charge >= 0.3 is 11.9 Å². The van der Waals surface area contributed by atoms with Crippen LogP contribution in [0.15, 0.2) is 30.9 Å². The van der Waals surface area contributed by atoms with E-state index >= 15 is 0 Å². The third-order valence-corrected chi connectivity index (χ3v) is 4.46. The molecule has 0 N–H and O–H groups in total. The third-order valence-electron chi connectivity index (χ3n) is 4.46. The van der Waals surface area contributed by atoms with Crippen molar-refractivity contribution in [2.24, 2.45) is 11.8 Å². The Kier molecular flexibility index (Phi) is 7.10. The van der Waals surface area contributed by atoms with Gasteiger partial charge in [0.15, 0.2) is 11.6 Å². The minimum Gasteiger partial charge on any atom is -0.463 e. The molecule has 0 radical (unpaired) electrons. The van der Waals surface area contributed by atoms with Crippen LogP contribution in [0.2, 0.25) is 0 Å². The second kappa shape index (κ2) is 9.30. The van der Waals surface area contributed by atoms with Crippen molar-refractivity contribution in [1.29, 1.82) is 0 Å². The maximum absolute atomic E-state index is 13.1. The lowest BCUT2D eigenvalue weighted by molar-refractivity contribution is -0.141. The summed E-state index contributed by atoms with van der Waals surface area (Å²) in [6.45, 7) is 3.71. The fourth-order valence-electron chi connectivity index (χ4n) is 3.03. The van der Waals surface area contributed by atoms with Gasteiger partial charge in [-0.2, -0.15) is 0 Å². The average Bonchev–Trinajstić information content (AvgIpc) is 2.62. The van der Waals surface area contributed by atoms with Gasteiger partial charge in [-0.15, -0.1) is 0 Å². The van der Waals surface area contributed by atoms with Crippen molar-refractivity contribution < 1.29 is 27.8 Å². The predicted octanol–water partition coefficient (Wildman–Crippen LogP) is 4.19. The Morgan fingerprint density at radius 1 is 1.16 bits per heavy atom. The molecule has 1 aromatic carbocycles. The first-order chi connectivity index (χ1) is 12.0. The highest BCUT2D eigenvalue weighted by Gasteiger charge is 2.27.